The summed E-state index contributed by atoms with van der Waals surface area (Å²) < 4.78 is 0. The van der Waals surface area contributed by atoms with Gasteiger partial charge in [-0.1, -0.05) is 84.5 Å². The first-order chi connectivity index (χ1) is 9.31. The van der Waals surface area contributed by atoms with Gasteiger partial charge in [-0.05, 0) is 25.7 Å². The van der Waals surface area contributed by atoms with Crippen LogP contribution in [0.15, 0.2) is 0 Å². The Balaban J connectivity index is 2.95. The highest BCUT2D eigenvalue weighted by molar-refractivity contribution is 4.67. The molecule has 0 amide bonds. The molecule has 0 spiro atoms. The molecule has 0 saturated carbocycles. The predicted octanol–water partition coefficient (Wildman–Crippen LogP) is 6.05. The average molecular weight is 269 g/mol. The quantitative estimate of drug-likeness (QED) is 0.359. The molecule has 0 aliphatic heterocycles. The first kappa shape index (κ1) is 19.0. The van der Waals surface area contributed by atoms with Crippen LogP contribution >= 0.6 is 0 Å². The molecule has 0 aromatic rings. The standard InChI is InChI=1S/C18H37O/c1-3-5-6-7-8-9-10-11-12-13-14-15-16-17-18(19)4-2/h15,18-19H,3-14,16-17H2,1-2H3. The van der Waals surface area contributed by atoms with Gasteiger partial charge in [-0.2, -0.15) is 0 Å². The fourth-order valence-electron chi connectivity index (χ4n) is 2.43. The molecule has 0 saturated heterocycles. The molecule has 1 radical (unpaired) electrons. The van der Waals surface area contributed by atoms with E-state index >= 15 is 0 Å². The minimum absolute atomic E-state index is 0.0797. The lowest BCUT2D eigenvalue weighted by Crippen LogP contribution is -2.03. The van der Waals surface area contributed by atoms with E-state index in [2.05, 4.69) is 13.3 Å². The molecule has 19 heavy (non-hydrogen) atoms. The van der Waals surface area contributed by atoms with Crippen molar-refractivity contribution in [3.8, 4) is 0 Å². The van der Waals surface area contributed by atoms with Crippen LogP contribution in [0, 0.1) is 6.42 Å². The zero-order valence-corrected chi connectivity index (χ0v) is 13.5. The van der Waals surface area contributed by atoms with Crippen molar-refractivity contribution in [2.75, 3.05) is 0 Å². The van der Waals surface area contributed by atoms with Gasteiger partial charge in [0.15, 0.2) is 0 Å². The number of unbranched alkanes of at least 4 members (excludes halogenated alkanes) is 12. The summed E-state index contributed by atoms with van der Waals surface area (Å²) in [5, 5.41) is 9.42. The molecule has 0 bridgehead atoms. The van der Waals surface area contributed by atoms with Crippen LogP contribution in [0.1, 0.15) is 104 Å². The van der Waals surface area contributed by atoms with Crippen LogP contribution in [0.4, 0.5) is 0 Å². The molecule has 1 N–H and O–H groups in total. The Labute approximate surface area is 122 Å². The second-order valence-corrected chi connectivity index (χ2v) is 5.90. The Morgan fingerprint density at radius 2 is 1.26 bits per heavy atom. The van der Waals surface area contributed by atoms with Gasteiger partial charge < -0.3 is 5.11 Å². The number of aliphatic hydroxyl groups excluding tert-OH is 1. The maximum Gasteiger partial charge on any atom is 0.0537 e. The van der Waals surface area contributed by atoms with Crippen LogP contribution in [0.25, 0.3) is 0 Å². The Kier molecular flexibility index (Phi) is 16.0. The Morgan fingerprint density at radius 1 is 0.737 bits per heavy atom. The van der Waals surface area contributed by atoms with Crippen molar-refractivity contribution in [2.45, 2.75) is 110 Å². The smallest absolute Gasteiger partial charge is 0.0537 e. The van der Waals surface area contributed by atoms with E-state index in [-0.39, 0.29) is 6.10 Å². The summed E-state index contributed by atoms with van der Waals surface area (Å²) in [5.74, 6) is 0. The highest BCUT2D eigenvalue weighted by atomic mass is 16.3. The van der Waals surface area contributed by atoms with Crippen molar-refractivity contribution in [1.82, 2.24) is 0 Å². The molecule has 0 aromatic heterocycles. The first-order valence-corrected chi connectivity index (χ1v) is 8.81. The lowest BCUT2D eigenvalue weighted by atomic mass is 10.0. The van der Waals surface area contributed by atoms with Gasteiger partial charge in [0.2, 0.25) is 0 Å². The van der Waals surface area contributed by atoms with E-state index in [1.807, 2.05) is 6.92 Å². The normalized spacial score (nSPS) is 12.8. The van der Waals surface area contributed by atoms with E-state index in [0.29, 0.717) is 0 Å². The molecule has 1 unspecified atom stereocenters. The molecule has 0 aliphatic rings. The number of hydrogen-bond donors (Lipinski definition) is 1. The maximum atomic E-state index is 9.42. The molecule has 1 heteroatoms. The Hall–Kier alpha value is -0.0400. The van der Waals surface area contributed by atoms with Gasteiger partial charge in [0, 0.05) is 0 Å². The van der Waals surface area contributed by atoms with Crippen LogP contribution in [-0.2, 0) is 0 Å². The topological polar surface area (TPSA) is 20.2 Å². The molecule has 0 aromatic carbocycles. The van der Waals surface area contributed by atoms with Crippen molar-refractivity contribution in [3.05, 3.63) is 6.42 Å². The van der Waals surface area contributed by atoms with E-state index in [4.69, 9.17) is 0 Å². The zero-order valence-electron chi connectivity index (χ0n) is 13.5. The van der Waals surface area contributed by atoms with E-state index < -0.39 is 0 Å². The third-order valence-electron chi connectivity index (χ3n) is 3.94. The second-order valence-electron chi connectivity index (χ2n) is 5.90. The summed E-state index contributed by atoms with van der Waals surface area (Å²) in [6, 6.07) is 0. The molecule has 0 heterocycles. The lowest BCUT2D eigenvalue weighted by Gasteiger charge is -2.06. The van der Waals surface area contributed by atoms with Crippen molar-refractivity contribution in [2.24, 2.45) is 0 Å². The van der Waals surface area contributed by atoms with Gasteiger partial charge in [-0.3, -0.25) is 0 Å². The molecule has 0 rings (SSSR count). The van der Waals surface area contributed by atoms with E-state index in [9.17, 15) is 5.11 Å². The van der Waals surface area contributed by atoms with Gasteiger partial charge in [0.05, 0.1) is 6.10 Å². The molecule has 0 aliphatic carbocycles. The van der Waals surface area contributed by atoms with E-state index in [0.717, 1.165) is 19.3 Å². The summed E-state index contributed by atoms with van der Waals surface area (Å²) in [6.07, 6.45) is 20.6. The minimum Gasteiger partial charge on any atom is -0.393 e. The van der Waals surface area contributed by atoms with Crippen LogP contribution in [-0.4, -0.2) is 11.2 Å². The van der Waals surface area contributed by atoms with Gasteiger partial charge in [-0.15, -0.1) is 0 Å². The fraction of sp³-hybridized carbons (Fsp3) is 0.944. The zero-order chi connectivity index (χ0) is 14.2. The molecule has 1 atom stereocenters. The largest absolute Gasteiger partial charge is 0.393 e. The van der Waals surface area contributed by atoms with E-state index in [1.165, 1.54) is 70.6 Å². The second kappa shape index (κ2) is 16.0. The number of hydrogen-bond acceptors (Lipinski definition) is 1. The molecule has 0 fully saturated rings. The Morgan fingerprint density at radius 3 is 1.79 bits per heavy atom. The van der Waals surface area contributed by atoms with Crippen molar-refractivity contribution < 1.29 is 5.11 Å². The van der Waals surface area contributed by atoms with Gasteiger partial charge in [-0.25, -0.2) is 0 Å². The van der Waals surface area contributed by atoms with E-state index in [1.54, 1.807) is 0 Å². The average Bonchev–Trinajstić information content (AvgIpc) is 2.43. The minimum atomic E-state index is -0.0797. The van der Waals surface area contributed by atoms with Crippen LogP contribution in [0.2, 0.25) is 0 Å². The van der Waals surface area contributed by atoms with Gasteiger partial charge in [0.25, 0.3) is 0 Å². The van der Waals surface area contributed by atoms with Crippen molar-refractivity contribution in [3.63, 3.8) is 0 Å². The van der Waals surface area contributed by atoms with Crippen LogP contribution in [0.3, 0.4) is 0 Å². The SMILES string of the molecule is CCCCCCCCCCCC[CH]CCC(O)CC. The van der Waals surface area contributed by atoms with Gasteiger partial charge in [0.1, 0.15) is 0 Å². The third kappa shape index (κ3) is 15.9. The highest BCUT2D eigenvalue weighted by Crippen LogP contribution is 2.13. The molecule has 115 valence electrons. The predicted molar refractivity (Wildman–Crippen MR) is 86.3 cm³/mol. The monoisotopic (exact) mass is 269 g/mol. The molecular formula is C18H37O. The first-order valence-electron chi connectivity index (χ1n) is 8.81. The summed E-state index contributed by atoms with van der Waals surface area (Å²) in [7, 11) is 0. The number of aliphatic hydroxyl groups is 1. The molecule has 1 nitrogen and oxygen atoms in total. The number of rotatable bonds is 15. The highest BCUT2D eigenvalue weighted by Gasteiger charge is 1.99. The van der Waals surface area contributed by atoms with Gasteiger partial charge >= 0.3 is 0 Å². The summed E-state index contributed by atoms with van der Waals surface area (Å²) >= 11 is 0. The lowest BCUT2D eigenvalue weighted by molar-refractivity contribution is 0.160. The van der Waals surface area contributed by atoms with Crippen LogP contribution in [0.5, 0.6) is 0 Å². The molecular weight excluding hydrogens is 232 g/mol. The summed E-state index contributed by atoms with van der Waals surface area (Å²) in [5.41, 5.74) is 0. The Bertz CT molecular complexity index is 156. The third-order valence-corrected chi connectivity index (χ3v) is 3.94. The summed E-state index contributed by atoms with van der Waals surface area (Å²) in [4.78, 5) is 0. The maximum absolute atomic E-state index is 9.42. The van der Waals surface area contributed by atoms with Crippen molar-refractivity contribution >= 4 is 0 Å². The fourth-order valence-corrected chi connectivity index (χ4v) is 2.43. The van der Waals surface area contributed by atoms with Crippen LogP contribution < -0.4 is 0 Å². The summed E-state index contributed by atoms with van der Waals surface area (Å²) in [6.45, 7) is 4.33. The van der Waals surface area contributed by atoms with Crippen molar-refractivity contribution in [1.29, 1.82) is 0 Å².